The topological polar surface area (TPSA) is 55.4 Å². The average molecular weight is 409 g/mol. The molecule has 0 aliphatic rings. The zero-order chi connectivity index (χ0) is 20.0. The molecule has 0 saturated heterocycles. The molecule has 6 nitrogen and oxygen atoms in total. The number of hydrogen-bond acceptors (Lipinski definition) is 6. The molecule has 0 rings (SSSR count). The van der Waals surface area contributed by atoms with Gasteiger partial charge in [-0.25, -0.2) is 0 Å². The van der Waals surface area contributed by atoms with Crippen molar-refractivity contribution in [1.29, 1.82) is 0 Å². The maximum Gasteiger partial charge on any atom is 0.528 e. The van der Waals surface area contributed by atoms with Gasteiger partial charge in [0.15, 0.2) is 0 Å². The van der Waals surface area contributed by atoms with E-state index in [4.69, 9.17) is 26.6 Å². The summed E-state index contributed by atoms with van der Waals surface area (Å²) in [6.45, 7) is 11.2. The Bertz CT molecular complexity index is 316. The van der Waals surface area contributed by atoms with Crippen LogP contribution in [0.5, 0.6) is 0 Å². The van der Waals surface area contributed by atoms with Gasteiger partial charge < -0.3 is 26.6 Å². The average Bonchev–Trinajstić information content (AvgIpc) is 2.57. The molecule has 0 saturated carbocycles. The molecule has 0 amide bonds. The molecule has 25 heavy (non-hydrogen) atoms. The molecule has 0 heterocycles. The maximum absolute atomic E-state index is 11.9. The number of rotatable bonds is 12. The lowest BCUT2D eigenvalue weighted by molar-refractivity contribution is -0.132. The Hall–Kier alpha value is -0.276. The Morgan fingerprint density at radius 1 is 0.840 bits per heavy atom. The van der Waals surface area contributed by atoms with E-state index in [9.17, 15) is 13.2 Å². The van der Waals surface area contributed by atoms with E-state index in [1.165, 1.54) is 21.3 Å². The molecule has 0 atom stereocenters. The van der Waals surface area contributed by atoms with Crippen LogP contribution in [0.4, 0.5) is 13.2 Å². The highest BCUT2D eigenvalue weighted by molar-refractivity contribution is 6.66. The van der Waals surface area contributed by atoms with Gasteiger partial charge in [0, 0.05) is 53.6 Å². The van der Waals surface area contributed by atoms with Crippen molar-refractivity contribution in [3.05, 3.63) is 12.3 Å². The molecule has 152 valence electrons. The Labute approximate surface area is 150 Å². The molecule has 0 spiro atoms. The highest BCUT2D eigenvalue weighted by Gasteiger charge is 2.42. The molecule has 0 N–H and O–H groups in total. The molecule has 0 unspecified atom stereocenters. The second-order valence-electron chi connectivity index (χ2n) is 4.52. The Morgan fingerprint density at radius 3 is 1.40 bits per heavy atom. The molecular formula is C14H31F3O6Si2. The van der Waals surface area contributed by atoms with E-state index < -0.39 is 30.2 Å². The fraction of sp³-hybridized carbons (Fsp3) is 0.857. The van der Waals surface area contributed by atoms with Crippen molar-refractivity contribution in [3.63, 3.8) is 0 Å². The largest absolute Gasteiger partial charge is 0.528 e. The predicted molar refractivity (Wildman–Crippen MR) is 93.1 cm³/mol. The van der Waals surface area contributed by atoms with Gasteiger partial charge in [-0.15, -0.1) is 0 Å². The summed E-state index contributed by atoms with van der Waals surface area (Å²) < 4.78 is 66.3. The van der Waals surface area contributed by atoms with E-state index in [1.807, 2.05) is 20.8 Å². The van der Waals surface area contributed by atoms with Gasteiger partial charge in [-0.05, 0) is 26.5 Å². The van der Waals surface area contributed by atoms with Gasteiger partial charge in [0.2, 0.25) is 0 Å². The lowest BCUT2D eigenvalue weighted by atomic mass is 10.5. The maximum atomic E-state index is 11.9. The summed E-state index contributed by atoms with van der Waals surface area (Å²) in [5.41, 5.74) is 1.67. The summed E-state index contributed by atoms with van der Waals surface area (Å²) in [5, 5.41) is 0. The van der Waals surface area contributed by atoms with Gasteiger partial charge >= 0.3 is 23.8 Å². The first-order valence-electron chi connectivity index (χ1n) is 7.91. The third-order valence-corrected chi connectivity index (χ3v) is 8.24. The van der Waals surface area contributed by atoms with Crippen molar-refractivity contribution in [3.8, 4) is 0 Å². The minimum absolute atomic E-state index is 0.250. The third-order valence-electron chi connectivity index (χ3n) is 2.93. The van der Waals surface area contributed by atoms with E-state index in [0.717, 1.165) is 0 Å². The monoisotopic (exact) mass is 408 g/mol. The first kappa shape index (κ1) is 26.9. The van der Waals surface area contributed by atoms with Gasteiger partial charge in [0.1, 0.15) is 0 Å². The van der Waals surface area contributed by atoms with Gasteiger partial charge in [0.25, 0.3) is 0 Å². The van der Waals surface area contributed by atoms with E-state index in [-0.39, 0.29) is 6.04 Å². The minimum atomic E-state index is -4.20. The molecule has 0 radical (unpaired) electrons. The first-order chi connectivity index (χ1) is 11.6. The second-order valence-corrected chi connectivity index (χ2v) is 10.1. The summed E-state index contributed by atoms with van der Waals surface area (Å²) in [7, 11) is -1.69. The van der Waals surface area contributed by atoms with Gasteiger partial charge in [-0.1, -0.05) is 6.58 Å². The van der Waals surface area contributed by atoms with Crippen molar-refractivity contribution in [2.24, 2.45) is 0 Å². The third kappa shape index (κ3) is 11.9. The molecule has 0 aromatic carbocycles. The lowest BCUT2D eigenvalue weighted by Gasteiger charge is -2.24. The normalized spacial score (nSPS) is 12.5. The SMILES string of the molecule is C=C[Si](OCC)(OCC)OCC.CO[Si](CCC(F)(F)F)(OC)OC. The predicted octanol–water partition coefficient (Wildman–Crippen LogP) is 3.58. The zero-order valence-corrected chi connectivity index (χ0v) is 17.9. The quantitative estimate of drug-likeness (QED) is 0.460. The van der Waals surface area contributed by atoms with Crippen molar-refractivity contribution < 1.29 is 39.7 Å². The summed E-state index contributed by atoms with van der Waals surface area (Å²) >= 11 is 0. The van der Waals surface area contributed by atoms with Crippen molar-refractivity contribution in [2.75, 3.05) is 41.2 Å². The fourth-order valence-corrected chi connectivity index (χ4v) is 5.27. The van der Waals surface area contributed by atoms with Gasteiger partial charge in [0.05, 0.1) is 0 Å². The van der Waals surface area contributed by atoms with Crippen molar-refractivity contribution in [2.45, 2.75) is 39.4 Å². The van der Waals surface area contributed by atoms with Crippen LogP contribution in [0.3, 0.4) is 0 Å². The van der Waals surface area contributed by atoms with Crippen LogP contribution in [0.2, 0.25) is 6.04 Å². The van der Waals surface area contributed by atoms with Crippen LogP contribution < -0.4 is 0 Å². The van der Waals surface area contributed by atoms with Crippen LogP contribution in [0.15, 0.2) is 12.3 Å². The number of hydrogen-bond donors (Lipinski definition) is 0. The van der Waals surface area contributed by atoms with Crippen molar-refractivity contribution in [1.82, 2.24) is 0 Å². The van der Waals surface area contributed by atoms with Gasteiger partial charge in [-0.2, -0.15) is 13.2 Å². The summed E-state index contributed by atoms with van der Waals surface area (Å²) in [5.74, 6) is 0. The fourth-order valence-electron chi connectivity index (χ4n) is 1.76. The Kier molecular flexibility index (Phi) is 14.9. The highest BCUT2D eigenvalue weighted by atomic mass is 28.4. The molecule has 0 bridgehead atoms. The molecule has 0 aromatic rings. The van der Waals surface area contributed by atoms with Gasteiger partial charge in [-0.3, -0.25) is 0 Å². The lowest BCUT2D eigenvalue weighted by Crippen LogP contribution is -2.44. The molecular weight excluding hydrogens is 377 g/mol. The second kappa shape index (κ2) is 13.9. The smallest absolute Gasteiger partial charge is 0.377 e. The van der Waals surface area contributed by atoms with Crippen molar-refractivity contribution >= 4 is 17.6 Å². The first-order valence-corrected chi connectivity index (χ1v) is 11.6. The zero-order valence-electron chi connectivity index (χ0n) is 15.9. The van der Waals surface area contributed by atoms with Crippen LogP contribution in [-0.4, -0.2) is 64.9 Å². The molecule has 0 aliphatic carbocycles. The van der Waals surface area contributed by atoms with E-state index in [1.54, 1.807) is 5.70 Å². The Balaban J connectivity index is 0. The Morgan fingerprint density at radius 2 is 1.20 bits per heavy atom. The van der Waals surface area contributed by atoms with Crippen LogP contribution in [-0.2, 0) is 26.6 Å². The molecule has 0 fully saturated rings. The summed E-state index contributed by atoms with van der Waals surface area (Å²) in [6.07, 6.45) is -5.15. The summed E-state index contributed by atoms with van der Waals surface area (Å²) in [4.78, 5) is 0. The number of alkyl halides is 3. The van der Waals surface area contributed by atoms with E-state index >= 15 is 0 Å². The highest BCUT2D eigenvalue weighted by Crippen LogP contribution is 2.26. The summed E-state index contributed by atoms with van der Waals surface area (Å²) in [6, 6.07) is -0.250. The molecule has 0 aromatic heterocycles. The van der Waals surface area contributed by atoms with Crippen LogP contribution in [0.1, 0.15) is 27.2 Å². The van der Waals surface area contributed by atoms with E-state index in [0.29, 0.717) is 19.8 Å². The minimum Gasteiger partial charge on any atom is -0.377 e. The van der Waals surface area contributed by atoms with E-state index in [2.05, 4.69) is 6.58 Å². The molecule has 0 aliphatic heterocycles. The van der Waals surface area contributed by atoms with Crippen LogP contribution in [0, 0.1) is 0 Å². The molecule has 11 heteroatoms. The van der Waals surface area contributed by atoms with Crippen LogP contribution >= 0.6 is 0 Å². The van der Waals surface area contributed by atoms with Crippen LogP contribution in [0.25, 0.3) is 0 Å². The number of halogens is 3. The standard InChI is InChI=1S/C8H18O3Si.C6H13F3O3Si/c1-5-9-12(8-4,10-6-2)11-7-3;1-10-13(11-2,12-3)5-4-6(7,8)9/h8H,4-7H2,1-3H3;4-5H2,1-3H3.